The van der Waals surface area contributed by atoms with Crippen molar-refractivity contribution in [3.8, 4) is 17.2 Å². The minimum absolute atomic E-state index is 0.181. The summed E-state index contributed by atoms with van der Waals surface area (Å²) in [6.45, 7) is 5.67. The standard InChI is InChI=1S/C26H26ClN3O5/c1-3-32-23-11-5-18(13-25(23)33-4-2)15-30-16-20(14-28-30)29-26(31)24-12-10-22(35-24)17-34-21-8-6-19(27)7-9-21/h5-14,16H,3-4,15,17H2,1-2H3,(H,29,31). The third kappa shape index (κ3) is 6.58. The van der Waals surface area contributed by atoms with Gasteiger partial charge >= 0.3 is 0 Å². The topological polar surface area (TPSA) is 87.8 Å². The number of carbonyl (C=O) groups is 1. The van der Waals surface area contributed by atoms with E-state index in [1.165, 1.54) is 0 Å². The number of nitrogens with zero attached hydrogens (tertiary/aromatic N) is 2. The molecule has 182 valence electrons. The predicted molar refractivity (Wildman–Crippen MR) is 133 cm³/mol. The van der Waals surface area contributed by atoms with Gasteiger partial charge in [-0.25, -0.2) is 0 Å². The van der Waals surface area contributed by atoms with Gasteiger partial charge in [0.05, 0.1) is 31.6 Å². The van der Waals surface area contributed by atoms with Gasteiger partial charge in [0.25, 0.3) is 5.91 Å². The molecule has 4 aromatic rings. The number of aromatic nitrogens is 2. The highest BCUT2D eigenvalue weighted by Crippen LogP contribution is 2.29. The third-order valence-electron chi connectivity index (χ3n) is 4.92. The van der Waals surface area contributed by atoms with Crippen LogP contribution in [-0.2, 0) is 13.2 Å². The summed E-state index contributed by atoms with van der Waals surface area (Å²) in [6.07, 6.45) is 3.34. The molecule has 2 heterocycles. The molecule has 0 fully saturated rings. The Bertz CT molecular complexity index is 1270. The number of benzene rings is 2. The molecule has 0 aliphatic rings. The summed E-state index contributed by atoms with van der Waals surface area (Å²) in [6, 6.07) is 16.1. The van der Waals surface area contributed by atoms with Gasteiger partial charge in [-0.15, -0.1) is 0 Å². The second-order valence-corrected chi connectivity index (χ2v) is 7.97. The first-order valence-electron chi connectivity index (χ1n) is 11.2. The summed E-state index contributed by atoms with van der Waals surface area (Å²) in [5.41, 5.74) is 1.55. The number of rotatable bonds is 11. The second-order valence-electron chi connectivity index (χ2n) is 7.54. The van der Waals surface area contributed by atoms with E-state index in [0.717, 1.165) is 5.56 Å². The Morgan fingerprint density at radius 1 is 1.00 bits per heavy atom. The molecule has 0 unspecified atom stereocenters. The molecule has 2 aromatic carbocycles. The van der Waals surface area contributed by atoms with Crippen molar-refractivity contribution in [2.24, 2.45) is 0 Å². The molecule has 0 radical (unpaired) electrons. The molecule has 35 heavy (non-hydrogen) atoms. The van der Waals surface area contributed by atoms with E-state index < -0.39 is 0 Å². The molecule has 0 spiro atoms. The Kier molecular flexibility index (Phi) is 7.95. The van der Waals surface area contributed by atoms with Crippen LogP contribution in [0.15, 0.2) is 71.4 Å². The lowest BCUT2D eigenvalue weighted by atomic mass is 10.2. The fourth-order valence-corrected chi connectivity index (χ4v) is 3.48. The van der Waals surface area contributed by atoms with Crippen LogP contribution in [0.3, 0.4) is 0 Å². The van der Waals surface area contributed by atoms with Gasteiger partial charge in [0, 0.05) is 11.2 Å². The van der Waals surface area contributed by atoms with Gasteiger partial charge in [-0.2, -0.15) is 5.10 Å². The van der Waals surface area contributed by atoms with Crippen molar-refractivity contribution in [3.05, 3.63) is 89.1 Å². The molecule has 1 amide bonds. The van der Waals surface area contributed by atoms with E-state index in [1.54, 1.807) is 53.5 Å². The van der Waals surface area contributed by atoms with Crippen molar-refractivity contribution in [2.75, 3.05) is 18.5 Å². The number of ether oxygens (including phenoxy) is 3. The van der Waals surface area contributed by atoms with Crippen LogP contribution in [0.4, 0.5) is 5.69 Å². The van der Waals surface area contributed by atoms with Crippen LogP contribution in [0, 0.1) is 0 Å². The summed E-state index contributed by atoms with van der Waals surface area (Å²) >= 11 is 5.88. The molecule has 0 bridgehead atoms. The first-order chi connectivity index (χ1) is 17.0. The predicted octanol–water partition coefficient (Wildman–Crippen LogP) is 5.81. The molecule has 0 saturated carbocycles. The van der Waals surface area contributed by atoms with Crippen LogP contribution in [0.25, 0.3) is 0 Å². The second kappa shape index (κ2) is 11.5. The Morgan fingerprint density at radius 2 is 1.77 bits per heavy atom. The first kappa shape index (κ1) is 24.2. The number of hydrogen-bond acceptors (Lipinski definition) is 6. The van der Waals surface area contributed by atoms with Gasteiger partial charge in [-0.1, -0.05) is 17.7 Å². The maximum Gasteiger partial charge on any atom is 0.291 e. The van der Waals surface area contributed by atoms with Crippen LogP contribution in [-0.4, -0.2) is 28.9 Å². The van der Waals surface area contributed by atoms with Crippen LogP contribution in [0.1, 0.15) is 35.7 Å². The molecular weight excluding hydrogens is 470 g/mol. The largest absolute Gasteiger partial charge is 0.490 e. The van der Waals surface area contributed by atoms with Gasteiger partial charge in [0.1, 0.15) is 18.1 Å². The fraction of sp³-hybridized carbons (Fsp3) is 0.231. The zero-order valence-corrected chi connectivity index (χ0v) is 20.2. The van der Waals surface area contributed by atoms with Crippen molar-refractivity contribution < 1.29 is 23.4 Å². The highest BCUT2D eigenvalue weighted by atomic mass is 35.5. The highest BCUT2D eigenvalue weighted by Gasteiger charge is 2.14. The van der Waals surface area contributed by atoms with E-state index in [9.17, 15) is 4.79 Å². The van der Waals surface area contributed by atoms with Crippen molar-refractivity contribution in [3.63, 3.8) is 0 Å². The number of halogens is 1. The van der Waals surface area contributed by atoms with E-state index in [4.69, 9.17) is 30.2 Å². The Hall–Kier alpha value is -3.91. The lowest BCUT2D eigenvalue weighted by molar-refractivity contribution is 0.0992. The Morgan fingerprint density at radius 3 is 2.54 bits per heavy atom. The molecule has 0 aliphatic carbocycles. The smallest absolute Gasteiger partial charge is 0.291 e. The van der Waals surface area contributed by atoms with E-state index >= 15 is 0 Å². The summed E-state index contributed by atoms with van der Waals surface area (Å²) in [7, 11) is 0. The maximum atomic E-state index is 12.6. The van der Waals surface area contributed by atoms with Crippen LogP contribution < -0.4 is 19.5 Å². The van der Waals surface area contributed by atoms with Gasteiger partial charge in [-0.05, 0) is 67.9 Å². The lowest BCUT2D eigenvalue weighted by Gasteiger charge is -2.12. The van der Waals surface area contributed by atoms with Crippen LogP contribution in [0.2, 0.25) is 5.02 Å². The minimum Gasteiger partial charge on any atom is -0.490 e. The third-order valence-corrected chi connectivity index (χ3v) is 5.18. The van der Waals surface area contributed by atoms with Crippen LogP contribution in [0.5, 0.6) is 17.2 Å². The van der Waals surface area contributed by atoms with Crippen molar-refractivity contribution in [1.29, 1.82) is 0 Å². The van der Waals surface area contributed by atoms with E-state index in [2.05, 4.69) is 10.4 Å². The zero-order valence-electron chi connectivity index (χ0n) is 19.5. The molecule has 1 N–H and O–H groups in total. The Balaban J connectivity index is 1.33. The number of amides is 1. The molecule has 0 saturated heterocycles. The Labute approximate surface area is 208 Å². The average Bonchev–Trinajstić information content (AvgIpc) is 3.50. The summed E-state index contributed by atoms with van der Waals surface area (Å²) < 4.78 is 24.3. The molecule has 0 aliphatic heterocycles. The van der Waals surface area contributed by atoms with Crippen molar-refractivity contribution in [1.82, 2.24) is 9.78 Å². The van der Waals surface area contributed by atoms with Gasteiger partial charge in [-0.3, -0.25) is 9.48 Å². The number of furan rings is 1. The molecular formula is C26H26ClN3O5. The van der Waals surface area contributed by atoms with E-state index in [1.807, 2.05) is 32.0 Å². The number of anilines is 1. The summed E-state index contributed by atoms with van der Waals surface area (Å²) in [5, 5.41) is 7.77. The minimum atomic E-state index is -0.373. The number of nitrogens with one attached hydrogen (secondary N) is 1. The number of hydrogen-bond donors (Lipinski definition) is 1. The maximum absolute atomic E-state index is 12.6. The summed E-state index contributed by atoms with van der Waals surface area (Å²) in [4.78, 5) is 12.6. The SMILES string of the molecule is CCOc1ccc(Cn2cc(NC(=O)c3ccc(COc4ccc(Cl)cc4)o3)cn2)cc1OCC. The normalized spacial score (nSPS) is 10.7. The van der Waals surface area contributed by atoms with Crippen molar-refractivity contribution in [2.45, 2.75) is 27.0 Å². The van der Waals surface area contributed by atoms with Crippen LogP contribution >= 0.6 is 11.6 Å². The lowest BCUT2D eigenvalue weighted by Crippen LogP contribution is -2.10. The first-order valence-corrected chi connectivity index (χ1v) is 11.6. The monoisotopic (exact) mass is 495 g/mol. The molecule has 0 atom stereocenters. The van der Waals surface area contributed by atoms with E-state index in [0.29, 0.717) is 53.5 Å². The van der Waals surface area contributed by atoms with Crippen molar-refractivity contribution >= 4 is 23.2 Å². The highest BCUT2D eigenvalue weighted by molar-refractivity contribution is 6.30. The molecule has 9 heteroatoms. The summed E-state index contributed by atoms with van der Waals surface area (Å²) in [5.74, 6) is 2.40. The van der Waals surface area contributed by atoms with Gasteiger partial charge in [0.15, 0.2) is 17.3 Å². The molecule has 4 rings (SSSR count). The average molecular weight is 496 g/mol. The zero-order chi connectivity index (χ0) is 24.6. The molecule has 8 nitrogen and oxygen atoms in total. The number of carbonyl (C=O) groups excluding carboxylic acids is 1. The fourth-order valence-electron chi connectivity index (χ4n) is 3.35. The quantitative estimate of drug-likeness (QED) is 0.282. The molecule has 2 aromatic heterocycles. The van der Waals surface area contributed by atoms with Gasteiger partial charge in [0.2, 0.25) is 0 Å². The van der Waals surface area contributed by atoms with E-state index in [-0.39, 0.29) is 18.3 Å². The van der Waals surface area contributed by atoms with Gasteiger partial charge < -0.3 is 23.9 Å².